The minimum atomic E-state index is -0.00523. The summed E-state index contributed by atoms with van der Waals surface area (Å²) in [6.45, 7) is -0.00523. The Labute approximate surface area is 67.1 Å². The lowest BCUT2D eigenvalue weighted by molar-refractivity contribution is 0.350. The number of hydrogen-bond acceptors (Lipinski definition) is 1. The highest BCUT2D eigenvalue weighted by Crippen LogP contribution is 2.43. The van der Waals surface area contributed by atoms with Gasteiger partial charge in [-0.25, -0.2) is 0 Å². The standard InChI is InChI=1S/C10H12O/c11-5-1-2-9-6-8-3-4-10(9)7-8/h6,8,10-11H,3-5,7H2/t8-,10-/m1/s1. The molecule has 1 saturated carbocycles. The van der Waals surface area contributed by atoms with Gasteiger partial charge in [0.1, 0.15) is 6.61 Å². The summed E-state index contributed by atoms with van der Waals surface area (Å²) in [6, 6.07) is 0. The van der Waals surface area contributed by atoms with Crippen molar-refractivity contribution in [2.75, 3.05) is 6.61 Å². The predicted octanol–water partition coefficient (Wildman–Crippen LogP) is 1.34. The molecule has 2 atom stereocenters. The molecule has 11 heavy (non-hydrogen) atoms. The summed E-state index contributed by atoms with van der Waals surface area (Å²) < 4.78 is 0. The zero-order chi connectivity index (χ0) is 7.68. The van der Waals surface area contributed by atoms with Crippen molar-refractivity contribution >= 4 is 0 Å². The molecule has 0 aliphatic heterocycles. The summed E-state index contributed by atoms with van der Waals surface area (Å²) in [4.78, 5) is 0. The molecular weight excluding hydrogens is 136 g/mol. The third-order valence-electron chi connectivity index (χ3n) is 2.64. The molecule has 1 nitrogen and oxygen atoms in total. The Morgan fingerprint density at radius 2 is 2.45 bits per heavy atom. The molecule has 1 fully saturated rings. The molecule has 1 heteroatoms. The van der Waals surface area contributed by atoms with E-state index in [9.17, 15) is 0 Å². The molecule has 0 radical (unpaired) electrons. The third kappa shape index (κ3) is 1.19. The molecule has 2 bridgehead atoms. The van der Waals surface area contributed by atoms with Gasteiger partial charge in [-0.1, -0.05) is 17.9 Å². The van der Waals surface area contributed by atoms with Crippen molar-refractivity contribution in [3.05, 3.63) is 11.6 Å². The van der Waals surface area contributed by atoms with Gasteiger partial charge in [-0.05, 0) is 31.1 Å². The van der Waals surface area contributed by atoms with Crippen molar-refractivity contribution in [3.63, 3.8) is 0 Å². The van der Waals surface area contributed by atoms with E-state index in [0.717, 1.165) is 11.8 Å². The fourth-order valence-electron chi connectivity index (χ4n) is 2.13. The minimum Gasteiger partial charge on any atom is -0.384 e. The maximum absolute atomic E-state index is 8.50. The summed E-state index contributed by atoms with van der Waals surface area (Å²) in [5, 5.41) is 8.50. The van der Waals surface area contributed by atoms with Crippen LogP contribution in [0.15, 0.2) is 11.6 Å². The van der Waals surface area contributed by atoms with Crippen LogP contribution >= 0.6 is 0 Å². The van der Waals surface area contributed by atoms with Gasteiger partial charge in [0.25, 0.3) is 0 Å². The van der Waals surface area contributed by atoms with E-state index in [0.29, 0.717) is 0 Å². The van der Waals surface area contributed by atoms with Crippen LogP contribution in [0.1, 0.15) is 19.3 Å². The molecule has 1 N–H and O–H groups in total. The Morgan fingerprint density at radius 3 is 3.00 bits per heavy atom. The van der Waals surface area contributed by atoms with E-state index < -0.39 is 0 Å². The highest BCUT2D eigenvalue weighted by molar-refractivity contribution is 5.36. The maximum atomic E-state index is 8.50. The van der Waals surface area contributed by atoms with Crippen LogP contribution in [0.25, 0.3) is 0 Å². The first-order valence-electron chi connectivity index (χ1n) is 4.21. The molecule has 0 aromatic carbocycles. The lowest BCUT2D eigenvalue weighted by atomic mass is 9.99. The summed E-state index contributed by atoms with van der Waals surface area (Å²) in [5.74, 6) is 7.28. The highest BCUT2D eigenvalue weighted by atomic mass is 16.2. The SMILES string of the molecule is OCC#CC1=C[C@H]2CC[C@@H]1C2. The Balaban J connectivity index is 2.11. The number of hydrogen-bond donors (Lipinski definition) is 1. The van der Waals surface area contributed by atoms with Crippen LogP contribution in [0, 0.1) is 23.7 Å². The highest BCUT2D eigenvalue weighted by Gasteiger charge is 2.31. The van der Waals surface area contributed by atoms with Gasteiger partial charge < -0.3 is 5.11 Å². The fourth-order valence-corrected chi connectivity index (χ4v) is 2.13. The van der Waals surface area contributed by atoms with E-state index in [1.165, 1.54) is 24.8 Å². The van der Waals surface area contributed by atoms with Crippen LogP contribution in [-0.2, 0) is 0 Å². The van der Waals surface area contributed by atoms with Gasteiger partial charge in [0, 0.05) is 5.57 Å². The molecule has 2 aliphatic carbocycles. The van der Waals surface area contributed by atoms with E-state index in [2.05, 4.69) is 17.9 Å². The zero-order valence-corrected chi connectivity index (χ0v) is 6.51. The second-order valence-electron chi connectivity index (χ2n) is 3.35. The second-order valence-corrected chi connectivity index (χ2v) is 3.35. The monoisotopic (exact) mass is 148 g/mol. The predicted molar refractivity (Wildman–Crippen MR) is 43.8 cm³/mol. The van der Waals surface area contributed by atoms with Crippen molar-refractivity contribution in [1.29, 1.82) is 0 Å². The molecule has 0 aromatic rings. The van der Waals surface area contributed by atoms with E-state index >= 15 is 0 Å². The van der Waals surface area contributed by atoms with Crippen molar-refractivity contribution in [2.45, 2.75) is 19.3 Å². The Morgan fingerprint density at radius 1 is 1.55 bits per heavy atom. The van der Waals surface area contributed by atoms with Gasteiger partial charge in [0.15, 0.2) is 0 Å². The van der Waals surface area contributed by atoms with E-state index in [1.54, 1.807) is 0 Å². The Kier molecular flexibility index (Phi) is 1.71. The average molecular weight is 148 g/mol. The Hall–Kier alpha value is -0.740. The van der Waals surface area contributed by atoms with Gasteiger partial charge in [0.2, 0.25) is 0 Å². The van der Waals surface area contributed by atoms with E-state index in [-0.39, 0.29) is 6.61 Å². The number of aliphatic hydroxyl groups is 1. The summed E-state index contributed by atoms with van der Waals surface area (Å²) in [7, 11) is 0. The second kappa shape index (κ2) is 2.71. The smallest absolute Gasteiger partial charge is 0.104 e. The number of allylic oxidation sites excluding steroid dienone is 2. The lowest BCUT2D eigenvalue weighted by Crippen LogP contribution is -1.94. The van der Waals surface area contributed by atoms with Crippen LogP contribution in [0.4, 0.5) is 0 Å². The normalized spacial score (nSPS) is 33.0. The number of rotatable bonds is 0. The molecule has 0 amide bonds. The first kappa shape index (κ1) is 6.94. The molecule has 0 aromatic heterocycles. The largest absolute Gasteiger partial charge is 0.384 e. The van der Waals surface area contributed by atoms with Gasteiger partial charge >= 0.3 is 0 Å². The van der Waals surface area contributed by atoms with Gasteiger partial charge in [-0.3, -0.25) is 0 Å². The summed E-state index contributed by atoms with van der Waals surface area (Å²) in [6.07, 6.45) is 6.28. The molecule has 0 unspecified atom stereocenters. The van der Waals surface area contributed by atoms with Crippen molar-refractivity contribution in [1.82, 2.24) is 0 Å². The summed E-state index contributed by atoms with van der Waals surface area (Å²) >= 11 is 0. The van der Waals surface area contributed by atoms with Crippen molar-refractivity contribution < 1.29 is 5.11 Å². The van der Waals surface area contributed by atoms with Crippen LogP contribution < -0.4 is 0 Å². The van der Waals surface area contributed by atoms with Crippen molar-refractivity contribution in [3.8, 4) is 11.8 Å². The van der Waals surface area contributed by atoms with Gasteiger partial charge in [-0.2, -0.15) is 0 Å². The molecular formula is C10H12O. The van der Waals surface area contributed by atoms with E-state index in [4.69, 9.17) is 5.11 Å². The minimum absolute atomic E-state index is 0.00523. The lowest BCUT2D eigenvalue weighted by Gasteiger charge is -2.05. The van der Waals surface area contributed by atoms with Crippen LogP contribution in [-0.4, -0.2) is 11.7 Å². The quantitative estimate of drug-likeness (QED) is 0.514. The van der Waals surface area contributed by atoms with Crippen LogP contribution in [0.2, 0.25) is 0 Å². The number of fused-ring (bicyclic) bond motifs is 2. The molecule has 58 valence electrons. The average Bonchev–Trinajstić information content (AvgIpc) is 2.60. The zero-order valence-electron chi connectivity index (χ0n) is 6.51. The van der Waals surface area contributed by atoms with Gasteiger partial charge in [0.05, 0.1) is 0 Å². The first-order valence-corrected chi connectivity index (χ1v) is 4.21. The Bertz CT molecular complexity index is 241. The van der Waals surface area contributed by atoms with E-state index in [1.807, 2.05) is 0 Å². The molecule has 0 spiro atoms. The van der Waals surface area contributed by atoms with Crippen LogP contribution in [0.3, 0.4) is 0 Å². The fraction of sp³-hybridized carbons (Fsp3) is 0.600. The topological polar surface area (TPSA) is 20.2 Å². The maximum Gasteiger partial charge on any atom is 0.104 e. The number of aliphatic hydroxyl groups excluding tert-OH is 1. The third-order valence-corrected chi connectivity index (χ3v) is 2.64. The first-order chi connectivity index (χ1) is 5.40. The summed E-state index contributed by atoms with van der Waals surface area (Å²) in [5.41, 5.74) is 1.29. The molecule has 0 saturated heterocycles. The molecule has 2 rings (SSSR count). The van der Waals surface area contributed by atoms with Gasteiger partial charge in [-0.15, -0.1) is 0 Å². The molecule has 2 aliphatic rings. The van der Waals surface area contributed by atoms with Crippen LogP contribution in [0.5, 0.6) is 0 Å². The van der Waals surface area contributed by atoms with Crippen molar-refractivity contribution in [2.24, 2.45) is 11.8 Å². The molecule has 0 heterocycles.